The molecule has 7 nitrogen and oxygen atoms in total. The van der Waals surface area contributed by atoms with Crippen LogP contribution in [-0.2, 0) is 4.74 Å². The van der Waals surface area contributed by atoms with Gasteiger partial charge in [-0.1, -0.05) is 0 Å². The Kier molecular flexibility index (Phi) is 5.27. The van der Waals surface area contributed by atoms with Gasteiger partial charge in [0.05, 0.1) is 12.1 Å². The average molecular weight is 319 g/mol. The van der Waals surface area contributed by atoms with Crippen molar-refractivity contribution in [2.75, 3.05) is 24.6 Å². The van der Waals surface area contributed by atoms with Gasteiger partial charge in [-0.2, -0.15) is 0 Å². The van der Waals surface area contributed by atoms with Crippen molar-refractivity contribution in [1.29, 1.82) is 0 Å². The fourth-order valence-corrected chi connectivity index (χ4v) is 3.25. The summed E-state index contributed by atoms with van der Waals surface area (Å²) in [6.07, 6.45) is 7.72. The minimum absolute atomic E-state index is 0.0367. The molecule has 3 rings (SSSR count). The van der Waals surface area contributed by atoms with Crippen molar-refractivity contribution in [3.05, 3.63) is 18.5 Å². The van der Waals surface area contributed by atoms with Gasteiger partial charge in [-0.25, -0.2) is 14.8 Å². The van der Waals surface area contributed by atoms with Gasteiger partial charge >= 0.3 is 6.03 Å². The second-order valence-corrected chi connectivity index (χ2v) is 6.29. The highest BCUT2D eigenvalue weighted by Gasteiger charge is 2.26. The first-order valence-electron chi connectivity index (χ1n) is 8.43. The van der Waals surface area contributed by atoms with Crippen LogP contribution in [-0.4, -0.2) is 53.9 Å². The largest absolute Gasteiger partial charge is 0.376 e. The van der Waals surface area contributed by atoms with Gasteiger partial charge < -0.3 is 20.3 Å². The number of hydrogen-bond donors (Lipinski definition) is 2. The number of nitrogens with zero attached hydrogens (tertiary/aromatic N) is 3. The summed E-state index contributed by atoms with van der Waals surface area (Å²) in [5.41, 5.74) is 0. The molecule has 0 aromatic carbocycles. The van der Waals surface area contributed by atoms with E-state index in [1.54, 1.807) is 12.4 Å². The normalized spacial score (nSPS) is 25.9. The number of urea groups is 1. The Labute approximate surface area is 136 Å². The molecule has 1 aromatic rings. The summed E-state index contributed by atoms with van der Waals surface area (Å²) in [7, 11) is 0. The third-order valence-corrected chi connectivity index (χ3v) is 4.47. The number of anilines is 1. The molecule has 0 bridgehead atoms. The first-order valence-corrected chi connectivity index (χ1v) is 8.43. The van der Waals surface area contributed by atoms with Crippen molar-refractivity contribution in [2.24, 2.45) is 0 Å². The first kappa shape index (κ1) is 16.0. The quantitative estimate of drug-likeness (QED) is 0.875. The maximum atomic E-state index is 12.2. The summed E-state index contributed by atoms with van der Waals surface area (Å²) in [6.45, 7) is 4.47. The second kappa shape index (κ2) is 7.59. The molecule has 126 valence electrons. The number of nitrogens with one attached hydrogen (secondary N) is 2. The van der Waals surface area contributed by atoms with Crippen LogP contribution in [0.15, 0.2) is 18.5 Å². The number of hydrogen-bond acceptors (Lipinski definition) is 5. The van der Waals surface area contributed by atoms with Gasteiger partial charge in [0.2, 0.25) is 5.95 Å². The molecule has 0 radical (unpaired) electrons. The van der Waals surface area contributed by atoms with Gasteiger partial charge in [0, 0.05) is 38.1 Å². The Morgan fingerprint density at radius 1 is 1.35 bits per heavy atom. The van der Waals surface area contributed by atoms with Gasteiger partial charge in [0.15, 0.2) is 0 Å². The van der Waals surface area contributed by atoms with Crippen LogP contribution in [0.5, 0.6) is 0 Å². The van der Waals surface area contributed by atoms with E-state index in [4.69, 9.17) is 4.74 Å². The van der Waals surface area contributed by atoms with Crippen molar-refractivity contribution in [3.63, 3.8) is 0 Å². The van der Waals surface area contributed by atoms with Gasteiger partial charge in [0.25, 0.3) is 0 Å². The highest BCUT2D eigenvalue weighted by Crippen LogP contribution is 2.16. The molecule has 2 fully saturated rings. The van der Waals surface area contributed by atoms with E-state index < -0.39 is 0 Å². The zero-order chi connectivity index (χ0) is 16.1. The molecular formula is C16H25N5O2. The smallest absolute Gasteiger partial charge is 0.315 e. The van der Waals surface area contributed by atoms with Gasteiger partial charge in [0.1, 0.15) is 0 Å². The molecule has 1 aromatic heterocycles. The maximum absolute atomic E-state index is 12.2. The number of ether oxygens (including phenoxy) is 1. The molecule has 0 unspecified atom stereocenters. The van der Waals surface area contributed by atoms with Gasteiger partial charge in [-0.05, 0) is 38.7 Å². The SMILES string of the molecule is C[C@H](NC(=O)N[C@H]1CCCN(c2ncccn2)C1)[C@H]1CCCO1. The molecule has 23 heavy (non-hydrogen) atoms. The Bertz CT molecular complexity index is 506. The number of aromatic nitrogens is 2. The first-order chi connectivity index (χ1) is 11.2. The van der Waals surface area contributed by atoms with Crippen LogP contribution in [0, 0.1) is 0 Å². The predicted molar refractivity (Wildman–Crippen MR) is 87.4 cm³/mol. The zero-order valence-corrected chi connectivity index (χ0v) is 13.6. The molecule has 2 N–H and O–H groups in total. The summed E-state index contributed by atoms with van der Waals surface area (Å²) in [5, 5.41) is 6.07. The van der Waals surface area contributed by atoms with E-state index in [1.807, 2.05) is 13.0 Å². The lowest BCUT2D eigenvalue weighted by Crippen LogP contribution is -2.53. The molecule has 3 atom stereocenters. The molecule has 2 amide bonds. The summed E-state index contributed by atoms with van der Waals surface area (Å²) in [4.78, 5) is 22.9. The van der Waals surface area contributed by atoms with Crippen molar-refractivity contribution in [1.82, 2.24) is 20.6 Å². The van der Waals surface area contributed by atoms with Crippen LogP contribution in [0.25, 0.3) is 0 Å². The Morgan fingerprint density at radius 2 is 2.17 bits per heavy atom. The van der Waals surface area contributed by atoms with Crippen molar-refractivity contribution in [3.8, 4) is 0 Å². The lowest BCUT2D eigenvalue weighted by Gasteiger charge is -2.33. The van der Waals surface area contributed by atoms with E-state index in [9.17, 15) is 4.79 Å². The Morgan fingerprint density at radius 3 is 2.91 bits per heavy atom. The number of amides is 2. The molecular weight excluding hydrogens is 294 g/mol. The molecule has 0 saturated carbocycles. The summed E-state index contributed by atoms with van der Waals surface area (Å²) < 4.78 is 5.61. The van der Waals surface area contributed by atoms with Crippen LogP contribution in [0.3, 0.4) is 0 Å². The lowest BCUT2D eigenvalue weighted by atomic mass is 10.1. The average Bonchev–Trinajstić information content (AvgIpc) is 3.10. The maximum Gasteiger partial charge on any atom is 0.315 e. The van der Waals surface area contributed by atoms with E-state index in [-0.39, 0.29) is 24.2 Å². The van der Waals surface area contributed by atoms with E-state index in [0.717, 1.165) is 51.3 Å². The molecule has 2 aliphatic heterocycles. The summed E-state index contributed by atoms with van der Waals surface area (Å²) in [6, 6.07) is 1.84. The Hall–Kier alpha value is -1.89. The van der Waals surface area contributed by atoms with Crippen LogP contribution in [0.1, 0.15) is 32.6 Å². The number of carbonyl (C=O) groups is 1. The minimum Gasteiger partial charge on any atom is -0.376 e. The van der Waals surface area contributed by atoms with Gasteiger partial charge in [-0.3, -0.25) is 0 Å². The van der Waals surface area contributed by atoms with Crippen LogP contribution < -0.4 is 15.5 Å². The zero-order valence-electron chi connectivity index (χ0n) is 13.6. The van der Waals surface area contributed by atoms with Crippen LogP contribution in [0.2, 0.25) is 0 Å². The number of rotatable bonds is 4. The second-order valence-electron chi connectivity index (χ2n) is 6.29. The molecule has 0 spiro atoms. The standard InChI is InChI=1S/C16H25N5O2/c1-12(14-6-3-10-23-14)19-16(22)20-13-5-2-9-21(11-13)15-17-7-4-8-18-15/h4,7-8,12-14H,2-3,5-6,9-11H2,1H3,(H2,19,20,22)/t12-,13-,14+/m0/s1. The van der Waals surface area contributed by atoms with Crippen LogP contribution >= 0.6 is 0 Å². The van der Waals surface area contributed by atoms with Gasteiger partial charge in [-0.15, -0.1) is 0 Å². The Balaban J connectivity index is 1.48. The topological polar surface area (TPSA) is 79.4 Å². The third kappa shape index (κ3) is 4.31. The highest BCUT2D eigenvalue weighted by molar-refractivity contribution is 5.74. The lowest BCUT2D eigenvalue weighted by molar-refractivity contribution is 0.0858. The molecule has 0 aliphatic carbocycles. The molecule has 3 heterocycles. The fourth-order valence-electron chi connectivity index (χ4n) is 3.25. The van der Waals surface area contributed by atoms with Crippen LogP contribution in [0.4, 0.5) is 10.7 Å². The monoisotopic (exact) mass is 319 g/mol. The molecule has 2 aliphatic rings. The molecule has 2 saturated heterocycles. The van der Waals surface area contributed by atoms with E-state index in [2.05, 4.69) is 25.5 Å². The summed E-state index contributed by atoms with van der Waals surface area (Å²) in [5.74, 6) is 0.729. The number of carbonyl (C=O) groups excluding carboxylic acids is 1. The fraction of sp³-hybridized carbons (Fsp3) is 0.688. The van der Waals surface area contributed by atoms with E-state index in [0.29, 0.717) is 0 Å². The highest BCUT2D eigenvalue weighted by atomic mass is 16.5. The predicted octanol–water partition coefficient (Wildman–Crippen LogP) is 1.31. The van der Waals surface area contributed by atoms with Crippen molar-refractivity contribution in [2.45, 2.75) is 50.8 Å². The van der Waals surface area contributed by atoms with Crippen molar-refractivity contribution >= 4 is 12.0 Å². The minimum atomic E-state index is -0.117. The summed E-state index contributed by atoms with van der Waals surface area (Å²) >= 11 is 0. The number of piperidine rings is 1. The van der Waals surface area contributed by atoms with E-state index >= 15 is 0 Å². The van der Waals surface area contributed by atoms with E-state index in [1.165, 1.54) is 0 Å². The third-order valence-electron chi connectivity index (χ3n) is 4.47. The van der Waals surface area contributed by atoms with Crippen molar-refractivity contribution < 1.29 is 9.53 Å². The molecule has 7 heteroatoms.